The minimum atomic E-state index is -0.418. The number of hydrogen-bond donors (Lipinski definition) is 1. The molecule has 0 aliphatic carbocycles. The lowest BCUT2D eigenvalue weighted by atomic mass is 10.3. The Hall–Kier alpha value is -0.410. The zero-order chi connectivity index (χ0) is 10.3. The van der Waals surface area contributed by atoms with E-state index >= 15 is 0 Å². The van der Waals surface area contributed by atoms with Gasteiger partial charge in [0.2, 0.25) is 0 Å². The first-order chi connectivity index (χ1) is 6.07. The van der Waals surface area contributed by atoms with Crippen molar-refractivity contribution < 1.29 is 9.13 Å². The van der Waals surface area contributed by atoms with Crippen LogP contribution < -0.4 is 5.32 Å². The Bertz CT molecular complexity index is 157. The monoisotopic (exact) mass is 189 g/mol. The zero-order valence-corrected chi connectivity index (χ0v) is 8.93. The van der Waals surface area contributed by atoms with Crippen molar-refractivity contribution in [2.75, 3.05) is 13.2 Å². The van der Waals surface area contributed by atoms with E-state index < -0.39 is 6.10 Å². The summed E-state index contributed by atoms with van der Waals surface area (Å²) in [4.78, 5) is 0. The second-order valence-corrected chi connectivity index (χ2v) is 3.30. The van der Waals surface area contributed by atoms with Gasteiger partial charge in [-0.25, -0.2) is 4.39 Å². The normalized spacial score (nSPS) is 15.1. The van der Waals surface area contributed by atoms with E-state index in [1.165, 1.54) is 6.08 Å². The van der Waals surface area contributed by atoms with Gasteiger partial charge in [-0.15, -0.1) is 0 Å². The van der Waals surface area contributed by atoms with Gasteiger partial charge in [-0.05, 0) is 13.8 Å². The van der Waals surface area contributed by atoms with Crippen LogP contribution >= 0.6 is 0 Å². The maximum atomic E-state index is 12.8. The van der Waals surface area contributed by atoms with Crippen LogP contribution in [0.2, 0.25) is 0 Å². The fraction of sp³-hybridized carbons (Fsp3) is 0.800. The predicted octanol–water partition coefficient (Wildman–Crippen LogP) is 2.26. The second kappa shape index (κ2) is 7.04. The Labute approximate surface area is 80.2 Å². The van der Waals surface area contributed by atoms with Gasteiger partial charge in [0.05, 0.1) is 6.61 Å². The van der Waals surface area contributed by atoms with E-state index in [0.29, 0.717) is 12.6 Å². The molecule has 0 aromatic carbocycles. The van der Waals surface area contributed by atoms with E-state index in [1.54, 1.807) is 13.8 Å². The van der Waals surface area contributed by atoms with Crippen molar-refractivity contribution in [1.82, 2.24) is 5.32 Å². The summed E-state index contributed by atoms with van der Waals surface area (Å²) in [5.74, 6) is -0.204. The van der Waals surface area contributed by atoms with Gasteiger partial charge in [0.15, 0.2) is 0 Å². The van der Waals surface area contributed by atoms with Crippen LogP contribution in [0.4, 0.5) is 4.39 Å². The average molecular weight is 189 g/mol. The molecule has 0 saturated heterocycles. The first kappa shape index (κ1) is 12.6. The van der Waals surface area contributed by atoms with Gasteiger partial charge in [-0.1, -0.05) is 19.9 Å². The number of halogens is 1. The quantitative estimate of drug-likeness (QED) is 0.647. The van der Waals surface area contributed by atoms with Gasteiger partial charge in [-0.2, -0.15) is 0 Å². The van der Waals surface area contributed by atoms with Crippen LogP contribution in [-0.2, 0) is 4.74 Å². The highest BCUT2D eigenvalue weighted by Gasteiger charge is 2.06. The van der Waals surface area contributed by atoms with Gasteiger partial charge >= 0.3 is 0 Å². The Kier molecular flexibility index (Phi) is 6.82. The van der Waals surface area contributed by atoms with E-state index in [-0.39, 0.29) is 5.83 Å². The minimum absolute atomic E-state index is 0.204. The number of rotatable bonds is 6. The third-order valence-corrected chi connectivity index (χ3v) is 1.69. The largest absolute Gasteiger partial charge is 0.370 e. The highest BCUT2D eigenvalue weighted by molar-refractivity contribution is 4.94. The van der Waals surface area contributed by atoms with Crippen LogP contribution in [-0.4, -0.2) is 25.3 Å². The Morgan fingerprint density at radius 1 is 1.46 bits per heavy atom. The van der Waals surface area contributed by atoms with E-state index in [0.717, 1.165) is 6.54 Å². The summed E-state index contributed by atoms with van der Waals surface area (Å²) in [5, 5.41) is 3.19. The maximum Gasteiger partial charge on any atom is 0.124 e. The molecule has 0 aromatic rings. The molecule has 0 saturated carbocycles. The van der Waals surface area contributed by atoms with E-state index in [4.69, 9.17) is 4.74 Å². The van der Waals surface area contributed by atoms with Gasteiger partial charge in [0.1, 0.15) is 11.9 Å². The molecule has 0 spiro atoms. The molecule has 0 aliphatic heterocycles. The Morgan fingerprint density at radius 3 is 2.54 bits per heavy atom. The SMILES string of the molecule is C/C=C(/F)C(C)OCCNC(C)C. The topological polar surface area (TPSA) is 21.3 Å². The number of hydrogen-bond acceptors (Lipinski definition) is 2. The third kappa shape index (κ3) is 6.72. The van der Waals surface area contributed by atoms with Gasteiger partial charge in [0.25, 0.3) is 0 Å². The Balaban J connectivity index is 3.43. The van der Waals surface area contributed by atoms with Gasteiger partial charge in [0, 0.05) is 12.6 Å². The molecular formula is C10H20FNO. The molecule has 1 unspecified atom stereocenters. The fourth-order valence-electron chi connectivity index (χ4n) is 0.898. The van der Waals surface area contributed by atoms with Crippen LogP contribution in [0.25, 0.3) is 0 Å². The van der Waals surface area contributed by atoms with E-state index in [9.17, 15) is 4.39 Å². The van der Waals surface area contributed by atoms with Crippen LogP contribution in [0.5, 0.6) is 0 Å². The zero-order valence-electron chi connectivity index (χ0n) is 8.93. The summed E-state index contributed by atoms with van der Waals surface area (Å²) < 4.78 is 18.1. The highest BCUT2D eigenvalue weighted by atomic mass is 19.1. The molecule has 0 rings (SSSR count). The van der Waals surface area contributed by atoms with E-state index in [2.05, 4.69) is 19.2 Å². The first-order valence-corrected chi connectivity index (χ1v) is 4.74. The van der Waals surface area contributed by atoms with Crippen LogP contribution in [0.1, 0.15) is 27.7 Å². The molecule has 0 radical (unpaired) electrons. The summed E-state index contributed by atoms with van der Waals surface area (Å²) in [6, 6.07) is 0.450. The lowest BCUT2D eigenvalue weighted by Gasteiger charge is -2.12. The summed E-state index contributed by atoms with van der Waals surface area (Å²) >= 11 is 0. The first-order valence-electron chi connectivity index (χ1n) is 4.74. The van der Waals surface area contributed by atoms with Crippen LogP contribution in [0.15, 0.2) is 11.9 Å². The number of nitrogens with one attached hydrogen (secondary N) is 1. The summed E-state index contributed by atoms with van der Waals surface area (Å²) in [7, 11) is 0. The molecule has 2 nitrogen and oxygen atoms in total. The van der Waals surface area contributed by atoms with Gasteiger partial charge in [-0.3, -0.25) is 0 Å². The molecule has 3 heteroatoms. The molecule has 0 bridgehead atoms. The summed E-state index contributed by atoms with van der Waals surface area (Å²) in [6.45, 7) is 8.82. The third-order valence-electron chi connectivity index (χ3n) is 1.69. The molecular weight excluding hydrogens is 169 g/mol. The maximum absolute atomic E-state index is 12.8. The van der Waals surface area contributed by atoms with Crippen molar-refractivity contribution in [3.63, 3.8) is 0 Å². The smallest absolute Gasteiger partial charge is 0.124 e. The lowest BCUT2D eigenvalue weighted by Crippen LogP contribution is -2.28. The summed E-state index contributed by atoms with van der Waals surface area (Å²) in [5.41, 5.74) is 0. The highest BCUT2D eigenvalue weighted by Crippen LogP contribution is 2.06. The van der Waals surface area contributed by atoms with Gasteiger partial charge < -0.3 is 10.1 Å². The molecule has 0 heterocycles. The number of ether oxygens (including phenoxy) is 1. The van der Waals surface area contributed by atoms with Crippen molar-refractivity contribution in [3.05, 3.63) is 11.9 Å². The predicted molar refractivity (Wildman–Crippen MR) is 53.4 cm³/mol. The van der Waals surface area contributed by atoms with Crippen molar-refractivity contribution >= 4 is 0 Å². The standard InChI is InChI=1S/C10H20FNO/c1-5-10(11)9(4)13-7-6-12-8(2)3/h5,8-9,12H,6-7H2,1-4H3/b10-5+. The Morgan fingerprint density at radius 2 is 2.08 bits per heavy atom. The molecule has 0 amide bonds. The minimum Gasteiger partial charge on any atom is -0.370 e. The lowest BCUT2D eigenvalue weighted by molar-refractivity contribution is 0.0758. The molecule has 1 N–H and O–H groups in total. The average Bonchev–Trinajstić information content (AvgIpc) is 2.10. The van der Waals surface area contributed by atoms with E-state index in [1.807, 2.05) is 0 Å². The molecule has 78 valence electrons. The van der Waals surface area contributed by atoms with Crippen LogP contribution in [0, 0.1) is 0 Å². The fourth-order valence-corrected chi connectivity index (χ4v) is 0.898. The molecule has 0 aromatic heterocycles. The van der Waals surface area contributed by atoms with Crippen molar-refractivity contribution in [1.29, 1.82) is 0 Å². The number of allylic oxidation sites excluding steroid dienone is 1. The molecule has 0 fully saturated rings. The molecule has 0 aliphatic rings. The second-order valence-electron chi connectivity index (χ2n) is 3.30. The van der Waals surface area contributed by atoms with Crippen LogP contribution in [0.3, 0.4) is 0 Å². The van der Waals surface area contributed by atoms with Crippen molar-refractivity contribution in [2.45, 2.75) is 39.8 Å². The van der Waals surface area contributed by atoms with Crippen molar-refractivity contribution in [3.8, 4) is 0 Å². The van der Waals surface area contributed by atoms with Crippen molar-refractivity contribution in [2.24, 2.45) is 0 Å². The molecule has 13 heavy (non-hydrogen) atoms. The molecule has 1 atom stereocenters. The summed E-state index contributed by atoms with van der Waals surface area (Å²) in [6.07, 6.45) is 1.01.